The number of nitrogens with zero attached hydrogens (tertiary/aromatic N) is 1. The maximum atomic E-state index is 5.05. The average molecular weight is 387 g/mol. The van der Waals surface area contributed by atoms with Crippen LogP contribution < -0.4 is 0 Å². The summed E-state index contributed by atoms with van der Waals surface area (Å²) < 4.78 is 2.54. The van der Waals surface area contributed by atoms with Crippen molar-refractivity contribution in [2.45, 2.75) is 103 Å². The monoisotopic (exact) mass is 386 g/mol. The Morgan fingerprint density at radius 2 is 1.52 bits per heavy atom. The molecule has 1 aliphatic heterocycles. The Kier molecular flexibility index (Phi) is 11.3. The maximum absolute atomic E-state index is 5.05. The van der Waals surface area contributed by atoms with E-state index in [1.54, 1.807) is 0 Å². The Morgan fingerprint density at radius 1 is 1.00 bits per heavy atom. The Bertz CT molecular complexity index is 371. The first-order valence-electron chi connectivity index (χ1n) is 10.9. The third kappa shape index (κ3) is 6.86. The molecular weight excluding hydrogens is 341 g/mol. The third-order valence-corrected chi connectivity index (χ3v) is 10.8. The average Bonchev–Trinajstić information content (AvgIpc) is 2.59. The van der Waals surface area contributed by atoms with Gasteiger partial charge in [-0.05, 0) is 31.6 Å². The van der Waals surface area contributed by atoms with Crippen molar-refractivity contribution in [3.63, 3.8) is 0 Å². The second-order valence-corrected chi connectivity index (χ2v) is 13.4. The minimum Gasteiger partial charge on any atom is -0.119 e. The van der Waals surface area contributed by atoms with Crippen LogP contribution in [0.1, 0.15) is 97.3 Å². The van der Waals surface area contributed by atoms with Gasteiger partial charge >= 0.3 is 0 Å². The second-order valence-electron chi connectivity index (χ2n) is 8.75. The molecule has 0 saturated carbocycles. The molecule has 1 saturated heterocycles. The molecule has 0 spiro atoms. The van der Waals surface area contributed by atoms with E-state index in [-0.39, 0.29) is 0 Å². The van der Waals surface area contributed by atoms with Gasteiger partial charge in [0.1, 0.15) is 5.54 Å². The van der Waals surface area contributed by atoms with Crippen molar-refractivity contribution in [1.29, 1.82) is 0 Å². The summed E-state index contributed by atoms with van der Waals surface area (Å²) in [6.07, 6.45) is 21.3. The molecule has 0 aromatic carbocycles. The highest BCUT2D eigenvalue weighted by molar-refractivity contribution is 7.91. The fraction of sp³-hybridized carbons (Fsp3) is 0.909. The van der Waals surface area contributed by atoms with Crippen LogP contribution in [0.25, 0.3) is 0 Å². The molecule has 0 bridgehead atoms. The van der Waals surface area contributed by atoms with Crippen LogP contribution in [-0.2, 0) is 0 Å². The zero-order valence-corrected chi connectivity index (χ0v) is 19.4. The van der Waals surface area contributed by atoms with Gasteiger partial charge in [0.2, 0.25) is 0 Å². The molecule has 1 heterocycles. The normalized spacial score (nSPS) is 24.0. The largest absolute Gasteiger partial charge is 0.119 e. The fourth-order valence-corrected chi connectivity index (χ4v) is 8.63. The fourth-order valence-electron chi connectivity index (χ4n) is 4.78. The van der Waals surface area contributed by atoms with Crippen molar-refractivity contribution in [1.82, 2.24) is 4.08 Å². The Hall–Kier alpha value is 0.480. The highest BCUT2D eigenvalue weighted by Crippen LogP contribution is 2.74. The van der Waals surface area contributed by atoms with Crippen LogP contribution >= 0.6 is 20.2 Å². The number of thiol groups is 1. The van der Waals surface area contributed by atoms with Crippen LogP contribution in [0, 0.1) is 5.92 Å². The summed E-state index contributed by atoms with van der Waals surface area (Å²) in [5.41, 5.74) is 0.353. The van der Waals surface area contributed by atoms with Gasteiger partial charge < -0.3 is 0 Å². The van der Waals surface area contributed by atoms with Crippen LogP contribution in [0.3, 0.4) is 0 Å². The molecule has 148 valence electrons. The van der Waals surface area contributed by atoms with E-state index in [4.69, 9.17) is 12.8 Å². The smallest absolute Gasteiger partial charge is 0.104 e. The molecule has 1 nitrogen and oxygen atoms in total. The topological polar surface area (TPSA) is 3.24 Å². The molecule has 1 aliphatic rings. The van der Waals surface area contributed by atoms with Crippen molar-refractivity contribution in [3.8, 4) is 0 Å². The number of unbranched alkanes of at least 4 members (excludes halogenated alkanes) is 7. The summed E-state index contributed by atoms with van der Waals surface area (Å²) in [5.74, 6) is 0.830. The van der Waals surface area contributed by atoms with E-state index >= 15 is 0 Å². The predicted molar refractivity (Wildman–Crippen MR) is 122 cm³/mol. The Balaban J connectivity index is 2.71. The number of hydrogen-bond donors (Lipinski definition) is 1. The van der Waals surface area contributed by atoms with Gasteiger partial charge in [-0.1, -0.05) is 90.5 Å². The van der Waals surface area contributed by atoms with E-state index in [2.05, 4.69) is 43.9 Å². The van der Waals surface area contributed by atoms with Crippen LogP contribution in [0.4, 0.5) is 0 Å². The summed E-state index contributed by atoms with van der Waals surface area (Å²) in [7, 11) is -0.954. The van der Waals surface area contributed by atoms with Crippen molar-refractivity contribution < 1.29 is 0 Å². The molecule has 0 aromatic heterocycles. The van der Waals surface area contributed by atoms with Crippen LogP contribution in [-0.4, -0.2) is 29.1 Å². The van der Waals surface area contributed by atoms with Gasteiger partial charge in [0.15, 0.2) is 0 Å². The molecule has 0 aliphatic carbocycles. The zero-order chi connectivity index (χ0) is 18.8. The van der Waals surface area contributed by atoms with E-state index in [0.717, 1.165) is 12.3 Å². The molecular formula is C22H45NPS+. The van der Waals surface area contributed by atoms with Crippen molar-refractivity contribution in [3.05, 3.63) is 12.7 Å². The third-order valence-electron chi connectivity index (χ3n) is 6.18. The van der Waals surface area contributed by atoms with Crippen molar-refractivity contribution >= 4 is 20.2 Å². The van der Waals surface area contributed by atoms with Crippen LogP contribution in [0.5, 0.6) is 0 Å². The summed E-state index contributed by atoms with van der Waals surface area (Å²) in [6.45, 7) is 13.5. The molecule has 1 rings (SSSR count). The van der Waals surface area contributed by atoms with Crippen molar-refractivity contribution in [2.24, 2.45) is 5.92 Å². The first-order valence-corrected chi connectivity index (χ1v) is 14.1. The summed E-state index contributed by atoms with van der Waals surface area (Å²) >= 11 is 5.05. The van der Waals surface area contributed by atoms with E-state index in [1.165, 1.54) is 83.2 Å². The lowest BCUT2D eigenvalue weighted by atomic mass is 9.76. The van der Waals surface area contributed by atoms with Gasteiger partial charge in [-0.25, -0.2) is 0 Å². The Labute approximate surface area is 165 Å². The summed E-state index contributed by atoms with van der Waals surface area (Å²) in [6, 6.07) is 0. The van der Waals surface area contributed by atoms with Gasteiger partial charge in [-0.2, -0.15) is 0 Å². The highest BCUT2D eigenvalue weighted by Gasteiger charge is 2.64. The zero-order valence-electron chi connectivity index (χ0n) is 17.6. The second kappa shape index (κ2) is 12.0. The van der Waals surface area contributed by atoms with Crippen LogP contribution in [0.2, 0.25) is 0 Å². The van der Waals surface area contributed by atoms with Gasteiger partial charge in [0.25, 0.3) is 0 Å². The van der Waals surface area contributed by atoms with E-state index in [9.17, 15) is 0 Å². The lowest BCUT2D eigenvalue weighted by Crippen LogP contribution is -2.61. The lowest BCUT2D eigenvalue weighted by Gasteiger charge is -2.57. The minimum atomic E-state index is -0.954. The van der Waals surface area contributed by atoms with Crippen LogP contribution in [0.15, 0.2) is 12.7 Å². The molecule has 2 unspecified atom stereocenters. The standard InChI is InChI=1S/C22H45NPS/c1-6-9-12-14-16-18-21(17-15-13-10-7-2)22(19-11-8-3)20-24(4,5)23(22)25/h8,21,25H,3,6-7,9-20H2,1-2,4-5H3/q+1. The first-order chi connectivity index (χ1) is 11.9. The molecule has 1 fully saturated rings. The van der Waals surface area contributed by atoms with Gasteiger partial charge in [-0.3, -0.25) is 0 Å². The van der Waals surface area contributed by atoms with Crippen molar-refractivity contribution in [2.75, 3.05) is 19.5 Å². The first kappa shape index (κ1) is 23.5. The Morgan fingerprint density at radius 3 is 1.96 bits per heavy atom. The molecule has 0 N–H and O–H groups in total. The molecule has 0 aromatic rings. The molecule has 0 radical (unpaired) electrons. The number of hydrogen-bond acceptors (Lipinski definition) is 2. The predicted octanol–water partition coefficient (Wildman–Crippen LogP) is 7.99. The highest BCUT2D eigenvalue weighted by atomic mass is 32.1. The summed E-state index contributed by atoms with van der Waals surface area (Å²) in [4.78, 5) is 0. The SMILES string of the molecule is C=CCCC1(C(CCCCCC)CCCCCCC)C[P+](C)(C)N1S. The minimum absolute atomic E-state index is 0.353. The van der Waals surface area contributed by atoms with E-state index in [1.807, 2.05) is 0 Å². The van der Waals surface area contributed by atoms with Gasteiger partial charge in [0, 0.05) is 0 Å². The van der Waals surface area contributed by atoms with E-state index in [0.29, 0.717) is 5.54 Å². The molecule has 3 heteroatoms. The maximum Gasteiger partial charge on any atom is 0.104 e. The molecule has 0 amide bonds. The quantitative estimate of drug-likeness (QED) is 0.129. The number of rotatable bonds is 15. The molecule has 25 heavy (non-hydrogen) atoms. The van der Waals surface area contributed by atoms with Gasteiger partial charge in [0.05, 0.1) is 26.9 Å². The summed E-state index contributed by atoms with van der Waals surface area (Å²) in [5, 5.41) is 0. The van der Waals surface area contributed by atoms with Gasteiger partial charge in [-0.15, -0.1) is 10.7 Å². The number of allylic oxidation sites excluding steroid dienone is 1. The molecule has 2 atom stereocenters. The van der Waals surface area contributed by atoms with E-state index < -0.39 is 7.41 Å². The lowest BCUT2D eigenvalue weighted by molar-refractivity contribution is 0.138.